The Labute approximate surface area is 194 Å². The second-order valence-corrected chi connectivity index (χ2v) is 10.4. The molecule has 1 heterocycles. The first-order valence-electron chi connectivity index (χ1n) is 11.8. The van der Waals surface area contributed by atoms with Crippen molar-refractivity contribution in [2.24, 2.45) is 22.7 Å². The summed E-state index contributed by atoms with van der Waals surface area (Å²) in [6.45, 7) is 5.38. The van der Waals surface area contributed by atoms with Gasteiger partial charge in [-0.05, 0) is 60.6 Å². The minimum atomic E-state index is -0.674. The van der Waals surface area contributed by atoms with E-state index in [-0.39, 0.29) is 53.9 Å². The van der Waals surface area contributed by atoms with Crippen LogP contribution in [0.25, 0.3) is 0 Å². The molecular formula is C25H35F2NO5. The van der Waals surface area contributed by atoms with Gasteiger partial charge in [-0.3, -0.25) is 4.79 Å². The molecule has 2 aliphatic carbocycles. The van der Waals surface area contributed by atoms with E-state index in [1.165, 1.54) is 12.1 Å². The summed E-state index contributed by atoms with van der Waals surface area (Å²) in [6.07, 6.45) is 2.45. The van der Waals surface area contributed by atoms with E-state index in [0.29, 0.717) is 25.2 Å². The van der Waals surface area contributed by atoms with Gasteiger partial charge in [0, 0.05) is 31.6 Å². The zero-order chi connectivity index (χ0) is 23.8. The van der Waals surface area contributed by atoms with E-state index in [4.69, 9.17) is 14.2 Å². The Morgan fingerprint density at radius 2 is 1.91 bits per heavy atom. The zero-order valence-corrected chi connectivity index (χ0v) is 19.6. The average molecular weight is 468 g/mol. The predicted molar refractivity (Wildman–Crippen MR) is 117 cm³/mol. The third-order valence-corrected chi connectivity index (χ3v) is 8.35. The van der Waals surface area contributed by atoms with Crippen LogP contribution in [0.1, 0.15) is 51.5 Å². The van der Waals surface area contributed by atoms with Crippen LogP contribution in [0.5, 0.6) is 0 Å². The number of rotatable bonds is 6. The standard InChI is InChI=1S/C25H35F2NO5/c1-24-7-6-21-25(2,14-32-23(33-21)13-31-3)20(24)5-4-19(29)18(24)11-22(30)28-12-15-8-16(26)10-17(27)9-15/h8-10,18-21,23,29H,4-7,11-14H2,1-3H3,(H,28,30)/t18-,19-,20-,21-,23-,24+,25+/m1/s1. The fourth-order valence-electron chi connectivity index (χ4n) is 6.70. The number of halogens is 2. The molecule has 6 nitrogen and oxygen atoms in total. The highest BCUT2D eigenvalue weighted by Gasteiger charge is 2.61. The van der Waals surface area contributed by atoms with Gasteiger partial charge in [-0.1, -0.05) is 13.8 Å². The summed E-state index contributed by atoms with van der Waals surface area (Å²) in [5.41, 5.74) is -0.0821. The second-order valence-electron chi connectivity index (χ2n) is 10.4. The Hall–Kier alpha value is -1.61. The number of aliphatic hydroxyl groups is 1. The van der Waals surface area contributed by atoms with Crippen molar-refractivity contribution in [2.75, 3.05) is 20.3 Å². The smallest absolute Gasteiger partial charge is 0.220 e. The minimum Gasteiger partial charge on any atom is -0.393 e. The van der Waals surface area contributed by atoms with Crippen molar-refractivity contribution in [3.63, 3.8) is 0 Å². The summed E-state index contributed by atoms with van der Waals surface area (Å²) < 4.78 is 44.3. The molecule has 3 aliphatic rings. The summed E-state index contributed by atoms with van der Waals surface area (Å²) in [4.78, 5) is 12.8. The van der Waals surface area contributed by atoms with Crippen LogP contribution in [0.3, 0.4) is 0 Å². The summed E-state index contributed by atoms with van der Waals surface area (Å²) >= 11 is 0. The maximum atomic E-state index is 13.4. The van der Waals surface area contributed by atoms with Gasteiger partial charge in [0.15, 0.2) is 6.29 Å². The molecule has 3 fully saturated rings. The van der Waals surface area contributed by atoms with Crippen molar-refractivity contribution in [3.8, 4) is 0 Å². The number of ether oxygens (including phenoxy) is 3. The molecule has 1 aromatic rings. The van der Waals surface area contributed by atoms with Crippen LogP contribution in [0.2, 0.25) is 0 Å². The van der Waals surface area contributed by atoms with Crippen molar-refractivity contribution in [2.45, 2.75) is 71.0 Å². The van der Waals surface area contributed by atoms with Crippen LogP contribution in [-0.2, 0) is 25.5 Å². The molecule has 33 heavy (non-hydrogen) atoms. The van der Waals surface area contributed by atoms with Gasteiger partial charge < -0.3 is 24.6 Å². The third kappa shape index (κ3) is 4.81. The fraction of sp³-hybridized carbons (Fsp3) is 0.720. The molecule has 1 amide bonds. The summed E-state index contributed by atoms with van der Waals surface area (Å²) in [5, 5.41) is 13.7. The van der Waals surface area contributed by atoms with Gasteiger partial charge in [-0.25, -0.2) is 8.78 Å². The lowest BCUT2D eigenvalue weighted by Gasteiger charge is -2.62. The Morgan fingerprint density at radius 1 is 1.18 bits per heavy atom. The Balaban J connectivity index is 1.45. The molecule has 0 unspecified atom stereocenters. The van der Waals surface area contributed by atoms with E-state index in [1.54, 1.807) is 7.11 Å². The monoisotopic (exact) mass is 467 g/mol. The van der Waals surface area contributed by atoms with Crippen molar-refractivity contribution < 1.29 is 32.9 Å². The molecule has 1 saturated heterocycles. The fourth-order valence-corrected chi connectivity index (χ4v) is 6.70. The van der Waals surface area contributed by atoms with Gasteiger partial charge in [-0.15, -0.1) is 0 Å². The van der Waals surface area contributed by atoms with E-state index < -0.39 is 17.7 Å². The number of hydrogen-bond donors (Lipinski definition) is 2. The number of nitrogens with one attached hydrogen (secondary N) is 1. The summed E-state index contributed by atoms with van der Waals surface area (Å²) in [7, 11) is 1.63. The van der Waals surface area contributed by atoms with Crippen LogP contribution in [0.15, 0.2) is 18.2 Å². The van der Waals surface area contributed by atoms with E-state index >= 15 is 0 Å². The van der Waals surface area contributed by atoms with Gasteiger partial charge in [0.2, 0.25) is 5.91 Å². The lowest BCUT2D eigenvalue weighted by Crippen LogP contribution is -2.63. The van der Waals surface area contributed by atoms with E-state index in [9.17, 15) is 18.7 Å². The normalized spacial score (nSPS) is 38.3. The molecule has 2 N–H and O–H groups in total. The van der Waals surface area contributed by atoms with Gasteiger partial charge in [0.1, 0.15) is 11.6 Å². The molecule has 0 spiro atoms. The number of hydrogen-bond acceptors (Lipinski definition) is 5. The predicted octanol–water partition coefficient (Wildman–Crippen LogP) is 3.55. The van der Waals surface area contributed by atoms with Gasteiger partial charge in [0.05, 0.1) is 25.4 Å². The number of carbonyl (C=O) groups is 1. The molecular weight excluding hydrogens is 432 g/mol. The highest BCUT2D eigenvalue weighted by molar-refractivity contribution is 5.76. The molecule has 184 valence electrons. The molecule has 0 aromatic heterocycles. The number of methoxy groups -OCH3 is 1. The largest absolute Gasteiger partial charge is 0.393 e. The number of amides is 1. The topological polar surface area (TPSA) is 77.0 Å². The number of benzene rings is 1. The van der Waals surface area contributed by atoms with Crippen molar-refractivity contribution in [1.82, 2.24) is 5.32 Å². The van der Waals surface area contributed by atoms with Crippen LogP contribution >= 0.6 is 0 Å². The third-order valence-electron chi connectivity index (χ3n) is 8.35. The first-order chi connectivity index (χ1) is 15.7. The van der Waals surface area contributed by atoms with Crippen LogP contribution in [0, 0.1) is 34.3 Å². The Morgan fingerprint density at radius 3 is 2.61 bits per heavy atom. The van der Waals surface area contributed by atoms with Crippen molar-refractivity contribution in [3.05, 3.63) is 35.4 Å². The van der Waals surface area contributed by atoms with Crippen LogP contribution in [0.4, 0.5) is 8.78 Å². The highest BCUT2D eigenvalue weighted by atomic mass is 19.1. The van der Waals surface area contributed by atoms with E-state index in [1.807, 2.05) is 0 Å². The SMILES string of the molecule is COC[C@@H]1OC[C@@]2(C)[C@@H]3CC[C@@H](O)[C@@H](CC(=O)NCc4cc(F)cc(F)c4)[C@]3(C)CC[C@H]2O1. The van der Waals surface area contributed by atoms with Crippen molar-refractivity contribution in [1.29, 1.82) is 0 Å². The lowest BCUT2D eigenvalue weighted by atomic mass is 9.46. The van der Waals surface area contributed by atoms with Gasteiger partial charge >= 0.3 is 0 Å². The maximum absolute atomic E-state index is 13.4. The molecule has 7 atom stereocenters. The number of fused-ring (bicyclic) bond motifs is 3. The molecule has 2 saturated carbocycles. The second kappa shape index (κ2) is 9.56. The van der Waals surface area contributed by atoms with Gasteiger partial charge in [-0.2, -0.15) is 0 Å². The summed E-state index contributed by atoms with van der Waals surface area (Å²) in [6, 6.07) is 3.22. The Kier molecular flexibility index (Phi) is 7.10. The van der Waals surface area contributed by atoms with Crippen LogP contribution < -0.4 is 5.32 Å². The van der Waals surface area contributed by atoms with E-state index in [0.717, 1.165) is 25.3 Å². The molecule has 1 aromatic carbocycles. The zero-order valence-electron chi connectivity index (χ0n) is 19.6. The van der Waals surface area contributed by atoms with Gasteiger partial charge in [0.25, 0.3) is 0 Å². The first kappa shape index (κ1) is 24.5. The Bertz CT molecular complexity index is 849. The highest BCUT2D eigenvalue weighted by Crippen LogP contribution is 2.62. The number of carbonyl (C=O) groups excluding carboxylic acids is 1. The maximum Gasteiger partial charge on any atom is 0.220 e. The minimum absolute atomic E-state index is 0.0405. The van der Waals surface area contributed by atoms with Crippen LogP contribution in [-0.4, -0.2) is 49.8 Å². The average Bonchev–Trinajstić information content (AvgIpc) is 2.75. The van der Waals surface area contributed by atoms with Crippen molar-refractivity contribution >= 4 is 5.91 Å². The van der Waals surface area contributed by atoms with E-state index in [2.05, 4.69) is 19.2 Å². The summed E-state index contributed by atoms with van der Waals surface area (Å²) in [5.74, 6) is -1.55. The molecule has 8 heteroatoms. The number of aliphatic hydroxyl groups excluding tert-OH is 1. The molecule has 4 rings (SSSR count). The molecule has 0 bridgehead atoms. The first-order valence-corrected chi connectivity index (χ1v) is 11.8. The molecule has 0 radical (unpaired) electrons. The quantitative estimate of drug-likeness (QED) is 0.669. The molecule has 1 aliphatic heterocycles. The lowest BCUT2D eigenvalue weighted by molar-refractivity contribution is -0.315.